The summed E-state index contributed by atoms with van der Waals surface area (Å²) in [6.45, 7) is 0. The number of nitrogens with two attached hydrogens (primary N) is 1. The van der Waals surface area contributed by atoms with Gasteiger partial charge in [-0.3, -0.25) is 9.78 Å². The maximum Gasteiger partial charge on any atom is 0.573 e. The van der Waals surface area contributed by atoms with E-state index in [1.165, 1.54) is 31.6 Å². The SMILES string of the molecule is COc1cnc(C(=O)N[C@@H](c2ccc(OC(F)(F)F)c(F)c2)c2ncccc2F)cc1N. The summed E-state index contributed by atoms with van der Waals surface area (Å²) in [6.07, 6.45) is -2.68. The number of alkyl halides is 3. The van der Waals surface area contributed by atoms with Crippen molar-refractivity contribution < 1.29 is 36.2 Å². The molecular formula is C20H15F5N4O3. The molecule has 0 aliphatic heterocycles. The molecule has 0 saturated heterocycles. The van der Waals surface area contributed by atoms with Crippen molar-refractivity contribution in [1.29, 1.82) is 0 Å². The number of nitrogen functional groups attached to an aromatic ring is 1. The minimum absolute atomic E-state index is 0.0931. The number of carbonyl (C=O) groups excluding carboxylic acids is 1. The zero-order chi connectivity index (χ0) is 23.5. The highest BCUT2D eigenvalue weighted by atomic mass is 19.4. The fourth-order valence-corrected chi connectivity index (χ4v) is 2.78. The van der Waals surface area contributed by atoms with Crippen molar-refractivity contribution in [2.75, 3.05) is 12.8 Å². The van der Waals surface area contributed by atoms with Gasteiger partial charge in [-0.05, 0) is 35.9 Å². The van der Waals surface area contributed by atoms with Gasteiger partial charge in [0.15, 0.2) is 17.3 Å². The molecule has 12 heteroatoms. The van der Waals surface area contributed by atoms with Crippen molar-refractivity contribution in [3.63, 3.8) is 0 Å². The summed E-state index contributed by atoms with van der Waals surface area (Å²) in [5.74, 6) is -3.91. The molecule has 2 heterocycles. The molecule has 168 valence electrons. The summed E-state index contributed by atoms with van der Waals surface area (Å²) < 4.78 is 74.5. The van der Waals surface area contributed by atoms with E-state index in [4.69, 9.17) is 10.5 Å². The molecule has 0 radical (unpaired) electrons. The highest BCUT2D eigenvalue weighted by Gasteiger charge is 2.33. The fourth-order valence-electron chi connectivity index (χ4n) is 2.78. The number of halogens is 5. The third kappa shape index (κ3) is 5.20. The van der Waals surface area contributed by atoms with Gasteiger partial charge in [-0.25, -0.2) is 13.8 Å². The van der Waals surface area contributed by atoms with Crippen LogP contribution in [0, 0.1) is 11.6 Å². The molecule has 1 amide bonds. The molecule has 3 aromatic rings. The molecule has 3 rings (SSSR count). The predicted octanol–water partition coefficient (Wildman–Crippen LogP) is 3.76. The monoisotopic (exact) mass is 454 g/mol. The van der Waals surface area contributed by atoms with Crippen molar-refractivity contribution in [1.82, 2.24) is 15.3 Å². The first-order valence-corrected chi connectivity index (χ1v) is 8.85. The molecule has 2 aromatic heterocycles. The van der Waals surface area contributed by atoms with Crippen LogP contribution >= 0.6 is 0 Å². The van der Waals surface area contributed by atoms with Crippen molar-refractivity contribution in [3.8, 4) is 11.5 Å². The first kappa shape index (κ1) is 22.7. The topological polar surface area (TPSA) is 99.4 Å². The van der Waals surface area contributed by atoms with E-state index in [9.17, 15) is 26.7 Å². The van der Waals surface area contributed by atoms with E-state index in [2.05, 4.69) is 20.0 Å². The van der Waals surface area contributed by atoms with Crippen molar-refractivity contribution in [2.24, 2.45) is 0 Å². The maximum absolute atomic E-state index is 14.4. The van der Waals surface area contributed by atoms with Crippen LogP contribution in [0.5, 0.6) is 11.5 Å². The molecule has 32 heavy (non-hydrogen) atoms. The van der Waals surface area contributed by atoms with Crippen LogP contribution in [-0.4, -0.2) is 29.3 Å². The highest BCUT2D eigenvalue weighted by molar-refractivity contribution is 5.93. The quantitative estimate of drug-likeness (QED) is 0.551. The number of rotatable bonds is 6. The van der Waals surface area contributed by atoms with E-state index < -0.39 is 35.7 Å². The zero-order valence-corrected chi connectivity index (χ0v) is 16.3. The Morgan fingerprint density at radius 1 is 1.09 bits per heavy atom. The summed E-state index contributed by atoms with van der Waals surface area (Å²) in [7, 11) is 1.35. The Labute approximate surface area is 178 Å². The standard InChI is InChI=1S/C20H15F5N4O3/c1-31-16-9-28-14(8-13(16)26)19(30)29-17(18-11(21)3-2-6-27-18)10-4-5-15(12(22)7-10)32-20(23,24)25/h2-9,17H,1H3,(H2,26,28)(H,29,30)/t17-/m0/s1. The molecule has 0 spiro atoms. The molecule has 0 unspecified atom stereocenters. The van der Waals surface area contributed by atoms with Crippen LogP contribution in [0.1, 0.15) is 27.8 Å². The first-order valence-electron chi connectivity index (χ1n) is 8.85. The number of carbonyl (C=O) groups is 1. The van der Waals surface area contributed by atoms with Crippen LogP contribution in [0.2, 0.25) is 0 Å². The van der Waals surface area contributed by atoms with E-state index >= 15 is 0 Å². The van der Waals surface area contributed by atoms with Gasteiger partial charge in [0.2, 0.25) is 0 Å². The fraction of sp³-hybridized carbons (Fsp3) is 0.150. The predicted molar refractivity (Wildman–Crippen MR) is 102 cm³/mol. The van der Waals surface area contributed by atoms with Crippen LogP contribution in [0.4, 0.5) is 27.6 Å². The van der Waals surface area contributed by atoms with Gasteiger partial charge < -0.3 is 20.5 Å². The summed E-state index contributed by atoms with van der Waals surface area (Å²) >= 11 is 0. The van der Waals surface area contributed by atoms with Gasteiger partial charge in [0, 0.05) is 6.20 Å². The lowest BCUT2D eigenvalue weighted by molar-refractivity contribution is -0.275. The molecule has 1 aromatic carbocycles. The Kier molecular flexibility index (Phi) is 6.42. The van der Waals surface area contributed by atoms with Gasteiger partial charge in [-0.1, -0.05) is 6.07 Å². The summed E-state index contributed by atoms with van der Waals surface area (Å²) in [4.78, 5) is 20.5. The molecule has 0 aliphatic rings. The molecule has 0 aliphatic carbocycles. The van der Waals surface area contributed by atoms with Gasteiger partial charge in [0.25, 0.3) is 5.91 Å². The van der Waals surface area contributed by atoms with Gasteiger partial charge in [-0.15, -0.1) is 13.2 Å². The van der Waals surface area contributed by atoms with Crippen LogP contribution in [0.3, 0.4) is 0 Å². The summed E-state index contributed by atoms with van der Waals surface area (Å²) in [6, 6.07) is 4.62. The Hall–Kier alpha value is -3.96. The molecule has 0 fully saturated rings. The average Bonchev–Trinajstić information content (AvgIpc) is 2.73. The van der Waals surface area contributed by atoms with Crippen molar-refractivity contribution >= 4 is 11.6 Å². The normalized spacial score (nSPS) is 12.2. The van der Waals surface area contributed by atoms with Crippen LogP contribution in [-0.2, 0) is 0 Å². The second-order valence-corrected chi connectivity index (χ2v) is 6.33. The van der Waals surface area contributed by atoms with E-state index in [0.717, 1.165) is 12.1 Å². The zero-order valence-electron chi connectivity index (χ0n) is 16.3. The maximum atomic E-state index is 14.4. The molecular weight excluding hydrogens is 439 g/mol. The lowest BCUT2D eigenvalue weighted by Gasteiger charge is -2.20. The number of methoxy groups -OCH3 is 1. The number of hydrogen-bond donors (Lipinski definition) is 2. The van der Waals surface area contributed by atoms with Crippen molar-refractivity contribution in [2.45, 2.75) is 12.4 Å². The molecule has 1 atom stereocenters. The number of nitrogens with one attached hydrogen (secondary N) is 1. The largest absolute Gasteiger partial charge is 0.573 e. The molecule has 0 bridgehead atoms. The van der Waals surface area contributed by atoms with Crippen LogP contribution in [0.15, 0.2) is 48.8 Å². The van der Waals surface area contributed by atoms with Gasteiger partial charge in [0.1, 0.15) is 17.2 Å². The Morgan fingerprint density at radius 2 is 1.84 bits per heavy atom. The number of anilines is 1. The van der Waals surface area contributed by atoms with E-state index in [1.807, 2.05) is 0 Å². The molecule has 3 N–H and O–H groups in total. The number of aromatic nitrogens is 2. The summed E-state index contributed by atoms with van der Waals surface area (Å²) in [5.41, 5.74) is 5.31. The van der Waals surface area contributed by atoms with Crippen LogP contribution < -0.4 is 20.5 Å². The molecule has 0 saturated carbocycles. The Bertz CT molecular complexity index is 1140. The average molecular weight is 454 g/mol. The minimum Gasteiger partial charge on any atom is -0.493 e. The number of benzene rings is 1. The number of nitrogens with zero attached hydrogens (tertiary/aromatic N) is 2. The van der Waals surface area contributed by atoms with Gasteiger partial charge >= 0.3 is 6.36 Å². The second-order valence-electron chi connectivity index (χ2n) is 6.33. The lowest BCUT2D eigenvalue weighted by atomic mass is 10.0. The first-order chi connectivity index (χ1) is 15.1. The summed E-state index contributed by atoms with van der Waals surface area (Å²) in [5, 5.41) is 2.44. The highest BCUT2D eigenvalue weighted by Crippen LogP contribution is 2.30. The second kappa shape index (κ2) is 9.04. The van der Waals surface area contributed by atoms with E-state index in [1.54, 1.807) is 0 Å². The van der Waals surface area contributed by atoms with E-state index in [-0.39, 0.29) is 28.4 Å². The smallest absolute Gasteiger partial charge is 0.493 e. The van der Waals surface area contributed by atoms with Crippen LogP contribution in [0.25, 0.3) is 0 Å². The third-order valence-electron chi connectivity index (χ3n) is 4.20. The van der Waals surface area contributed by atoms with Crippen molar-refractivity contribution in [3.05, 3.63) is 77.4 Å². The molecule has 7 nitrogen and oxygen atoms in total. The Morgan fingerprint density at radius 3 is 2.44 bits per heavy atom. The number of hydrogen-bond acceptors (Lipinski definition) is 6. The van der Waals surface area contributed by atoms with E-state index in [0.29, 0.717) is 12.1 Å². The lowest BCUT2D eigenvalue weighted by Crippen LogP contribution is -2.31. The van der Waals surface area contributed by atoms with Gasteiger partial charge in [-0.2, -0.15) is 0 Å². The number of ether oxygens (including phenoxy) is 2. The number of pyridine rings is 2. The third-order valence-corrected chi connectivity index (χ3v) is 4.20. The Balaban J connectivity index is 1.98. The van der Waals surface area contributed by atoms with Gasteiger partial charge in [0.05, 0.1) is 25.0 Å². The number of amides is 1. The minimum atomic E-state index is -5.11.